The summed E-state index contributed by atoms with van der Waals surface area (Å²) >= 11 is 0. The van der Waals surface area contributed by atoms with Gasteiger partial charge in [0.05, 0.1) is 6.04 Å². The van der Waals surface area contributed by atoms with Crippen LogP contribution in [-0.4, -0.2) is 67.1 Å². The Morgan fingerprint density at radius 3 is 2.61 bits per heavy atom. The highest BCUT2D eigenvalue weighted by Gasteiger charge is 2.49. The molecule has 150 valence electrons. The second kappa shape index (κ2) is 7.95. The first-order chi connectivity index (χ1) is 13.7. The van der Waals surface area contributed by atoms with Gasteiger partial charge in [-0.2, -0.15) is 0 Å². The Labute approximate surface area is 165 Å². The van der Waals surface area contributed by atoms with E-state index in [4.69, 9.17) is 0 Å². The zero-order valence-electron chi connectivity index (χ0n) is 16.8. The summed E-state index contributed by atoms with van der Waals surface area (Å²) in [4.78, 5) is 21.5. The Kier molecular flexibility index (Phi) is 5.39. The second-order valence-electron chi connectivity index (χ2n) is 7.80. The van der Waals surface area contributed by atoms with E-state index in [0.29, 0.717) is 24.7 Å². The number of rotatable bonds is 6. The maximum absolute atomic E-state index is 13.1. The Balaban J connectivity index is 1.68. The molecule has 0 unspecified atom stereocenters. The van der Waals surface area contributed by atoms with E-state index in [1.165, 1.54) is 12.8 Å². The number of hydrogen-bond acceptors (Lipinski definition) is 6. The van der Waals surface area contributed by atoms with Crippen molar-refractivity contribution < 1.29 is 4.79 Å². The summed E-state index contributed by atoms with van der Waals surface area (Å²) in [6.45, 7) is 7.44. The van der Waals surface area contributed by atoms with Crippen molar-refractivity contribution >= 4 is 5.91 Å². The summed E-state index contributed by atoms with van der Waals surface area (Å²) in [5.41, 5.74) is 0.346. The zero-order chi connectivity index (χ0) is 19.6. The fourth-order valence-electron chi connectivity index (χ4n) is 4.95. The molecule has 2 aliphatic rings. The highest BCUT2D eigenvalue weighted by molar-refractivity contribution is 5.94. The number of carbonyl (C=O) groups is 1. The molecule has 0 radical (unpaired) electrons. The first kappa shape index (κ1) is 19.0. The van der Waals surface area contributed by atoms with Gasteiger partial charge in [0.2, 0.25) is 0 Å². The first-order valence-corrected chi connectivity index (χ1v) is 10.4. The molecule has 0 spiro atoms. The number of nitrogens with zero attached hydrogens (tertiary/aromatic N) is 7. The van der Waals surface area contributed by atoms with Crippen molar-refractivity contribution in [2.24, 2.45) is 0 Å². The molecular weight excluding hydrogens is 354 g/mol. The SMILES string of the molecule is CCN(CC)[C@@]1(c2nnnn2C2CCCC2)CCN(C(=O)c2ccncc2)C1. The standard InChI is InChI=1S/C20H29N7O/c1-3-26(4-2)20(19-22-23-24-27(19)17-7-5-6-8-17)11-14-25(15-20)18(28)16-9-12-21-13-10-16/h9-10,12-13,17H,3-8,11,14-15H2,1-2H3/t20-/m0/s1. The highest BCUT2D eigenvalue weighted by Crippen LogP contribution is 2.40. The number of pyridine rings is 1. The van der Waals surface area contributed by atoms with Gasteiger partial charge in [-0.15, -0.1) is 5.10 Å². The van der Waals surface area contributed by atoms with Gasteiger partial charge in [0, 0.05) is 31.0 Å². The lowest BCUT2D eigenvalue weighted by Crippen LogP contribution is -2.50. The van der Waals surface area contributed by atoms with Crippen LogP contribution in [0.25, 0.3) is 0 Å². The number of hydrogen-bond donors (Lipinski definition) is 0. The molecule has 1 saturated heterocycles. The van der Waals surface area contributed by atoms with E-state index in [1.54, 1.807) is 24.5 Å². The summed E-state index contributed by atoms with van der Waals surface area (Å²) < 4.78 is 2.06. The van der Waals surface area contributed by atoms with Crippen LogP contribution >= 0.6 is 0 Å². The van der Waals surface area contributed by atoms with Gasteiger partial charge in [0.15, 0.2) is 5.82 Å². The summed E-state index contributed by atoms with van der Waals surface area (Å²) in [6.07, 6.45) is 8.91. The first-order valence-electron chi connectivity index (χ1n) is 10.4. The predicted octanol–water partition coefficient (Wildman–Crippen LogP) is 2.27. The fourth-order valence-corrected chi connectivity index (χ4v) is 4.95. The lowest BCUT2D eigenvalue weighted by atomic mass is 9.94. The lowest BCUT2D eigenvalue weighted by Gasteiger charge is -2.39. The van der Waals surface area contributed by atoms with Crippen molar-refractivity contribution in [1.82, 2.24) is 35.0 Å². The summed E-state index contributed by atoms with van der Waals surface area (Å²) in [6, 6.07) is 3.94. The van der Waals surface area contributed by atoms with E-state index in [9.17, 15) is 4.79 Å². The maximum atomic E-state index is 13.1. The van der Waals surface area contributed by atoms with Gasteiger partial charge < -0.3 is 4.90 Å². The molecule has 3 heterocycles. The van der Waals surface area contributed by atoms with Crippen LogP contribution < -0.4 is 0 Å². The third kappa shape index (κ3) is 3.19. The quantitative estimate of drug-likeness (QED) is 0.761. The summed E-state index contributed by atoms with van der Waals surface area (Å²) in [5, 5.41) is 13.0. The molecule has 1 amide bonds. The number of tetrazole rings is 1. The van der Waals surface area contributed by atoms with Crippen molar-refractivity contribution in [2.75, 3.05) is 26.2 Å². The minimum atomic E-state index is -0.335. The molecule has 2 aromatic rings. The number of aromatic nitrogens is 5. The van der Waals surface area contributed by atoms with E-state index >= 15 is 0 Å². The molecule has 2 aromatic heterocycles. The molecule has 28 heavy (non-hydrogen) atoms. The number of likely N-dealkylation sites (tertiary alicyclic amines) is 1. The van der Waals surface area contributed by atoms with Gasteiger partial charge in [0.1, 0.15) is 5.54 Å². The van der Waals surface area contributed by atoms with E-state index < -0.39 is 0 Å². The third-order valence-corrected chi connectivity index (χ3v) is 6.41. The van der Waals surface area contributed by atoms with Crippen molar-refractivity contribution in [2.45, 2.75) is 57.5 Å². The average molecular weight is 384 g/mol. The highest BCUT2D eigenvalue weighted by atomic mass is 16.2. The predicted molar refractivity (Wildman–Crippen MR) is 105 cm³/mol. The van der Waals surface area contributed by atoms with Crippen LogP contribution in [0.3, 0.4) is 0 Å². The molecular formula is C20H29N7O. The van der Waals surface area contributed by atoms with Crippen LogP contribution in [0.15, 0.2) is 24.5 Å². The van der Waals surface area contributed by atoms with Crippen LogP contribution in [0.5, 0.6) is 0 Å². The van der Waals surface area contributed by atoms with E-state index in [-0.39, 0.29) is 11.4 Å². The maximum Gasteiger partial charge on any atom is 0.254 e. The molecule has 1 aliphatic heterocycles. The Hall–Kier alpha value is -2.35. The van der Waals surface area contributed by atoms with Crippen LogP contribution in [0, 0.1) is 0 Å². The fraction of sp³-hybridized carbons (Fsp3) is 0.650. The van der Waals surface area contributed by atoms with Gasteiger partial charge in [-0.05, 0) is 54.9 Å². The summed E-state index contributed by atoms with van der Waals surface area (Å²) in [7, 11) is 0. The minimum Gasteiger partial charge on any atom is -0.336 e. The number of carbonyl (C=O) groups excluding carboxylic acids is 1. The monoisotopic (exact) mass is 383 g/mol. The summed E-state index contributed by atoms with van der Waals surface area (Å²) in [5.74, 6) is 0.976. The van der Waals surface area contributed by atoms with Gasteiger partial charge in [-0.3, -0.25) is 14.7 Å². The third-order valence-electron chi connectivity index (χ3n) is 6.41. The number of likely N-dealkylation sites (N-methyl/N-ethyl adjacent to an activating group) is 1. The molecule has 4 rings (SSSR count). The van der Waals surface area contributed by atoms with E-state index in [0.717, 1.165) is 38.2 Å². The van der Waals surface area contributed by atoms with Crippen molar-refractivity contribution in [3.8, 4) is 0 Å². The lowest BCUT2D eigenvalue weighted by molar-refractivity contribution is 0.0661. The second-order valence-corrected chi connectivity index (χ2v) is 7.80. The molecule has 1 aliphatic carbocycles. The molecule has 1 saturated carbocycles. The molecule has 0 bridgehead atoms. The molecule has 2 fully saturated rings. The van der Waals surface area contributed by atoms with Crippen molar-refractivity contribution in [1.29, 1.82) is 0 Å². The van der Waals surface area contributed by atoms with E-state index in [2.05, 4.69) is 43.9 Å². The van der Waals surface area contributed by atoms with Gasteiger partial charge in [-0.1, -0.05) is 26.7 Å². The van der Waals surface area contributed by atoms with Gasteiger partial charge >= 0.3 is 0 Å². The van der Waals surface area contributed by atoms with Crippen molar-refractivity contribution in [3.05, 3.63) is 35.9 Å². The Bertz CT molecular complexity index is 798. The van der Waals surface area contributed by atoms with Gasteiger partial charge in [0.25, 0.3) is 5.91 Å². The minimum absolute atomic E-state index is 0.0521. The molecule has 0 N–H and O–H groups in total. The Morgan fingerprint density at radius 1 is 1.21 bits per heavy atom. The smallest absolute Gasteiger partial charge is 0.254 e. The van der Waals surface area contributed by atoms with E-state index in [1.807, 2.05) is 4.90 Å². The molecule has 1 atom stereocenters. The average Bonchev–Trinajstić information content (AvgIpc) is 3.48. The largest absolute Gasteiger partial charge is 0.336 e. The number of amides is 1. The van der Waals surface area contributed by atoms with Crippen molar-refractivity contribution in [3.63, 3.8) is 0 Å². The topological polar surface area (TPSA) is 80.0 Å². The van der Waals surface area contributed by atoms with Crippen LogP contribution in [0.4, 0.5) is 0 Å². The van der Waals surface area contributed by atoms with Crippen LogP contribution in [0.2, 0.25) is 0 Å². The Morgan fingerprint density at radius 2 is 1.93 bits per heavy atom. The van der Waals surface area contributed by atoms with Gasteiger partial charge in [-0.25, -0.2) is 4.68 Å². The normalized spacial score (nSPS) is 23.0. The van der Waals surface area contributed by atoms with Crippen LogP contribution in [0.1, 0.15) is 68.2 Å². The molecule has 0 aromatic carbocycles. The molecule has 8 nitrogen and oxygen atoms in total. The zero-order valence-corrected chi connectivity index (χ0v) is 16.8. The molecule has 8 heteroatoms. The van der Waals surface area contributed by atoms with Crippen LogP contribution in [-0.2, 0) is 5.54 Å².